The first kappa shape index (κ1) is 22.6. The number of nitrogens with one attached hydrogen (secondary N) is 1. The predicted molar refractivity (Wildman–Crippen MR) is 106 cm³/mol. The minimum atomic E-state index is -4.02. The van der Waals surface area contributed by atoms with Crippen LogP contribution in [-0.2, 0) is 30.2 Å². The van der Waals surface area contributed by atoms with E-state index < -0.39 is 41.7 Å². The molecule has 0 bridgehead atoms. The second-order valence-corrected chi connectivity index (χ2v) is 11.1. The van der Waals surface area contributed by atoms with E-state index in [2.05, 4.69) is 15.3 Å². The van der Waals surface area contributed by atoms with Crippen LogP contribution in [0.1, 0.15) is 29.3 Å². The van der Waals surface area contributed by atoms with E-state index in [-0.39, 0.29) is 21.2 Å². The van der Waals surface area contributed by atoms with Crippen molar-refractivity contribution in [3.63, 3.8) is 0 Å². The van der Waals surface area contributed by atoms with Gasteiger partial charge < -0.3 is 9.15 Å². The molecule has 0 spiro atoms. The third kappa shape index (κ3) is 4.84. The Bertz CT molecular complexity index is 1170. The molecule has 0 aliphatic rings. The van der Waals surface area contributed by atoms with E-state index in [1.165, 1.54) is 43.7 Å². The smallest absolute Gasteiger partial charge is 0.350 e. The van der Waals surface area contributed by atoms with Crippen LogP contribution < -0.4 is 5.43 Å². The summed E-state index contributed by atoms with van der Waals surface area (Å²) in [6.07, 6.45) is 1.32. The number of thiophene rings is 1. The number of carbonyl (C=O) groups excluding carboxylic acids is 1. The molecule has 2 rings (SSSR count). The Labute approximate surface area is 171 Å². The molecule has 0 atom stereocenters. The molecule has 0 saturated heterocycles. The third-order valence-corrected chi connectivity index (χ3v) is 8.36. The van der Waals surface area contributed by atoms with Crippen LogP contribution in [0, 0.1) is 11.3 Å². The van der Waals surface area contributed by atoms with E-state index in [0.29, 0.717) is 0 Å². The maximum atomic E-state index is 12.8. The van der Waals surface area contributed by atoms with Crippen LogP contribution in [-0.4, -0.2) is 40.2 Å². The molecule has 10 nitrogen and oxygen atoms in total. The van der Waals surface area contributed by atoms with Crippen LogP contribution in [0.5, 0.6) is 0 Å². The number of anilines is 1. The van der Waals surface area contributed by atoms with Crippen molar-refractivity contribution in [2.45, 2.75) is 29.7 Å². The van der Waals surface area contributed by atoms with Crippen LogP contribution in [0.4, 0.5) is 5.69 Å². The summed E-state index contributed by atoms with van der Waals surface area (Å²) in [7, 11) is -6.91. The average Bonchev–Trinajstić information content (AvgIpc) is 3.30. The minimum Gasteiger partial charge on any atom is -0.468 e. The summed E-state index contributed by atoms with van der Waals surface area (Å²) in [6, 6.07) is 4.46. The van der Waals surface area contributed by atoms with Crippen molar-refractivity contribution in [3.05, 3.63) is 34.4 Å². The van der Waals surface area contributed by atoms with Crippen LogP contribution >= 0.6 is 11.3 Å². The van der Waals surface area contributed by atoms with Crippen molar-refractivity contribution < 1.29 is 30.8 Å². The van der Waals surface area contributed by atoms with E-state index in [1.54, 1.807) is 0 Å². The highest BCUT2D eigenvalue weighted by Crippen LogP contribution is 2.34. The van der Waals surface area contributed by atoms with Gasteiger partial charge in [-0.2, -0.15) is 10.4 Å². The molecular weight excluding hydrogens is 442 g/mol. The SMILES string of the molecule is COC(=O)c1scc(S(=O)(=O)Cc2ccco2)c1N/N=C(\C#N)S(=O)(=O)C(C)C. The number of hydrazone groups is 1. The molecule has 0 saturated carbocycles. The summed E-state index contributed by atoms with van der Waals surface area (Å²) >= 11 is 0.773. The Morgan fingerprint density at radius 3 is 2.59 bits per heavy atom. The maximum Gasteiger partial charge on any atom is 0.350 e. The lowest BCUT2D eigenvalue weighted by Crippen LogP contribution is -2.23. The monoisotopic (exact) mass is 459 g/mol. The molecule has 29 heavy (non-hydrogen) atoms. The van der Waals surface area contributed by atoms with Gasteiger partial charge in [-0.25, -0.2) is 21.6 Å². The van der Waals surface area contributed by atoms with Crippen LogP contribution in [0.15, 0.2) is 38.2 Å². The van der Waals surface area contributed by atoms with Gasteiger partial charge in [-0.3, -0.25) is 5.43 Å². The van der Waals surface area contributed by atoms with Gasteiger partial charge in [0, 0.05) is 5.38 Å². The fourth-order valence-corrected chi connectivity index (χ4v) is 5.55. The number of rotatable bonds is 7. The topological polar surface area (TPSA) is 156 Å². The standard InChI is InChI=1S/C16H17N3O7S3/c1-10(2)29(23,24)13(7-17)18-19-14-12(8-27-15(14)16(20)25-3)28(21,22)9-11-5-4-6-26-11/h4-6,8,10,19H,9H2,1-3H3/b18-13+. The molecular formula is C16H17N3O7S3. The van der Waals surface area contributed by atoms with Crippen LogP contribution in [0.2, 0.25) is 0 Å². The number of nitrogens with zero attached hydrogens (tertiary/aromatic N) is 2. The summed E-state index contributed by atoms with van der Waals surface area (Å²) < 4.78 is 59.6. The van der Waals surface area contributed by atoms with Crippen molar-refractivity contribution in [2.24, 2.45) is 5.10 Å². The normalized spacial score (nSPS) is 12.6. The number of methoxy groups -OCH3 is 1. The van der Waals surface area contributed by atoms with Gasteiger partial charge >= 0.3 is 5.97 Å². The van der Waals surface area contributed by atoms with Gasteiger partial charge in [-0.05, 0) is 26.0 Å². The van der Waals surface area contributed by atoms with E-state index >= 15 is 0 Å². The molecule has 2 aromatic heterocycles. The summed E-state index contributed by atoms with van der Waals surface area (Å²) in [4.78, 5) is 11.6. The van der Waals surface area contributed by atoms with E-state index in [0.717, 1.165) is 18.4 Å². The van der Waals surface area contributed by atoms with Crippen molar-refractivity contribution >= 4 is 47.7 Å². The van der Waals surface area contributed by atoms with E-state index in [9.17, 15) is 21.6 Å². The van der Waals surface area contributed by atoms with E-state index in [1.807, 2.05) is 0 Å². The number of ether oxygens (including phenoxy) is 1. The van der Waals surface area contributed by atoms with Gasteiger partial charge in [0.05, 0.1) is 18.6 Å². The first-order valence-electron chi connectivity index (χ1n) is 7.97. The molecule has 0 aliphatic heterocycles. The zero-order chi connectivity index (χ0) is 21.8. The van der Waals surface area contributed by atoms with Crippen LogP contribution in [0.25, 0.3) is 0 Å². The second kappa shape index (κ2) is 8.76. The Balaban J connectivity index is 2.55. The van der Waals surface area contributed by atoms with Gasteiger partial charge in [-0.15, -0.1) is 11.3 Å². The largest absolute Gasteiger partial charge is 0.468 e. The van der Waals surface area contributed by atoms with Crippen molar-refractivity contribution in [2.75, 3.05) is 12.5 Å². The molecule has 0 aromatic carbocycles. The zero-order valence-corrected chi connectivity index (χ0v) is 18.0. The number of carbonyl (C=O) groups is 1. The quantitative estimate of drug-likeness (QED) is 0.284. The van der Waals surface area contributed by atoms with Crippen molar-refractivity contribution in [1.29, 1.82) is 5.26 Å². The lowest BCUT2D eigenvalue weighted by Gasteiger charge is -2.09. The van der Waals surface area contributed by atoms with Gasteiger partial charge in [0.2, 0.25) is 9.84 Å². The van der Waals surface area contributed by atoms with Gasteiger partial charge in [-0.1, -0.05) is 0 Å². The van der Waals surface area contributed by atoms with Gasteiger partial charge in [0.1, 0.15) is 33.0 Å². The fraction of sp³-hybridized carbons (Fsp3) is 0.312. The summed E-state index contributed by atoms with van der Waals surface area (Å²) in [5.74, 6) is -1.17. The number of hydrogen-bond donors (Lipinski definition) is 1. The van der Waals surface area contributed by atoms with Crippen molar-refractivity contribution in [1.82, 2.24) is 0 Å². The highest BCUT2D eigenvalue weighted by molar-refractivity contribution is 8.07. The molecule has 0 amide bonds. The zero-order valence-electron chi connectivity index (χ0n) is 15.6. The maximum absolute atomic E-state index is 12.8. The molecule has 13 heteroatoms. The molecule has 1 N–H and O–H groups in total. The lowest BCUT2D eigenvalue weighted by atomic mass is 10.4. The van der Waals surface area contributed by atoms with Crippen molar-refractivity contribution in [3.8, 4) is 6.07 Å². The van der Waals surface area contributed by atoms with Crippen LogP contribution in [0.3, 0.4) is 0 Å². The van der Waals surface area contributed by atoms with E-state index in [4.69, 9.17) is 9.68 Å². The number of hydrogen-bond acceptors (Lipinski definition) is 11. The predicted octanol–water partition coefficient (Wildman–Crippen LogP) is 2.17. The first-order chi connectivity index (χ1) is 13.5. The van der Waals surface area contributed by atoms with Gasteiger partial charge in [0.25, 0.3) is 5.04 Å². The molecule has 0 aliphatic carbocycles. The van der Waals surface area contributed by atoms with Gasteiger partial charge in [0.15, 0.2) is 9.84 Å². The minimum absolute atomic E-state index is 0.145. The number of nitriles is 1. The third-order valence-electron chi connectivity index (χ3n) is 3.63. The Kier molecular flexibility index (Phi) is 6.83. The summed E-state index contributed by atoms with van der Waals surface area (Å²) in [5.41, 5.74) is 1.98. The highest BCUT2D eigenvalue weighted by Gasteiger charge is 2.29. The number of furan rings is 1. The first-order valence-corrected chi connectivity index (χ1v) is 12.0. The Hall–Kier alpha value is -2.69. The Morgan fingerprint density at radius 2 is 2.07 bits per heavy atom. The Morgan fingerprint density at radius 1 is 1.38 bits per heavy atom. The molecule has 2 heterocycles. The molecule has 2 aromatic rings. The molecule has 0 fully saturated rings. The molecule has 156 valence electrons. The molecule has 0 unspecified atom stereocenters. The molecule has 0 radical (unpaired) electrons. The summed E-state index contributed by atoms with van der Waals surface area (Å²) in [5, 5.41) is 12.1. The number of esters is 1. The average molecular weight is 460 g/mol. The lowest BCUT2D eigenvalue weighted by molar-refractivity contribution is 0.0607. The fourth-order valence-electron chi connectivity index (χ4n) is 2.06. The number of sulfone groups is 2. The summed E-state index contributed by atoms with van der Waals surface area (Å²) in [6.45, 7) is 2.73. The second-order valence-electron chi connectivity index (χ2n) is 5.87. The highest BCUT2D eigenvalue weighted by atomic mass is 32.2.